The fourth-order valence-corrected chi connectivity index (χ4v) is 1.68. The zero-order chi connectivity index (χ0) is 9.68. The Hall–Kier alpha value is -0.790. The Balaban J connectivity index is 2.40. The van der Waals surface area contributed by atoms with Crippen LogP contribution in [0.15, 0.2) is 11.6 Å². The van der Waals surface area contributed by atoms with Crippen molar-refractivity contribution in [3.8, 4) is 0 Å². The molecule has 2 heteroatoms. The molecule has 0 heterocycles. The predicted octanol–water partition coefficient (Wildman–Crippen LogP) is 2.69. The van der Waals surface area contributed by atoms with E-state index in [0.29, 0.717) is 6.61 Å². The molecule has 1 unspecified atom stereocenters. The van der Waals surface area contributed by atoms with E-state index in [1.54, 1.807) is 0 Å². The second-order valence-corrected chi connectivity index (χ2v) is 3.44. The standard InChI is InChI=1S/C11H18O2/c1-3-9-5-7-10(8-6-9)11(12)13-4-2/h5,10H,3-4,6-8H2,1-2H3. The number of ether oxygens (including phenoxy) is 1. The maximum Gasteiger partial charge on any atom is 0.309 e. The van der Waals surface area contributed by atoms with Crippen LogP contribution in [0, 0.1) is 5.92 Å². The molecule has 1 rings (SSSR count). The monoisotopic (exact) mass is 182 g/mol. The summed E-state index contributed by atoms with van der Waals surface area (Å²) in [4.78, 5) is 11.3. The minimum Gasteiger partial charge on any atom is -0.466 e. The van der Waals surface area contributed by atoms with E-state index in [9.17, 15) is 4.79 Å². The van der Waals surface area contributed by atoms with Gasteiger partial charge in [-0.1, -0.05) is 18.6 Å². The summed E-state index contributed by atoms with van der Waals surface area (Å²) in [6.07, 6.45) is 6.24. The fraction of sp³-hybridized carbons (Fsp3) is 0.727. The number of rotatable bonds is 3. The molecular formula is C11H18O2. The third-order valence-corrected chi connectivity index (χ3v) is 2.58. The van der Waals surface area contributed by atoms with E-state index in [1.807, 2.05) is 6.92 Å². The van der Waals surface area contributed by atoms with Gasteiger partial charge in [-0.05, 0) is 32.6 Å². The van der Waals surface area contributed by atoms with Crippen LogP contribution in [0.5, 0.6) is 0 Å². The van der Waals surface area contributed by atoms with E-state index in [-0.39, 0.29) is 11.9 Å². The topological polar surface area (TPSA) is 26.3 Å². The van der Waals surface area contributed by atoms with Gasteiger partial charge in [0.2, 0.25) is 0 Å². The SMILES string of the molecule is CCOC(=O)C1CC=C(CC)CC1. The van der Waals surface area contributed by atoms with Gasteiger partial charge < -0.3 is 4.74 Å². The van der Waals surface area contributed by atoms with Crippen LogP contribution in [-0.2, 0) is 9.53 Å². The Kier molecular flexibility index (Phi) is 4.00. The van der Waals surface area contributed by atoms with E-state index in [0.717, 1.165) is 25.7 Å². The summed E-state index contributed by atoms with van der Waals surface area (Å²) in [7, 11) is 0. The maximum absolute atomic E-state index is 11.3. The molecule has 2 nitrogen and oxygen atoms in total. The van der Waals surface area contributed by atoms with Gasteiger partial charge >= 0.3 is 5.97 Å². The summed E-state index contributed by atoms with van der Waals surface area (Å²) in [6.45, 7) is 4.52. The number of carbonyl (C=O) groups excluding carboxylic acids is 1. The first kappa shape index (κ1) is 10.3. The van der Waals surface area contributed by atoms with Crippen molar-refractivity contribution in [2.24, 2.45) is 5.92 Å². The predicted molar refractivity (Wildman–Crippen MR) is 52.3 cm³/mol. The molecule has 0 aromatic rings. The van der Waals surface area contributed by atoms with Crippen LogP contribution >= 0.6 is 0 Å². The van der Waals surface area contributed by atoms with Crippen LogP contribution in [0.1, 0.15) is 39.5 Å². The van der Waals surface area contributed by atoms with Gasteiger partial charge in [-0.3, -0.25) is 4.79 Å². The van der Waals surface area contributed by atoms with Gasteiger partial charge in [0.05, 0.1) is 12.5 Å². The Morgan fingerprint density at radius 1 is 1.62 bits per heavy atom. The molecule has 0 aromatic heterocycles. The zero-order valence-corrected chi connectivity index (χ0v) is 8.51. The molecule has 1 aliphatic carbocycles. The van der Waals surface area contributed by atoms with Gasteiger partial charge in [-0.15, -0.1) is 0 Å². The first-order valence-corrected chi connectivity index (χ1v) is 5.12. The first-order chi connectivity index (χ1) is 6.27. The number of hydrogen-bond donors (Lipinski definition) is 0. The Morgan fingerprint density at radius 2 is 2.38 bits per heavy atom. The lowest BCUT2D eigenvalue weighted by Gasteiger charge is -2.19. The third-order valence-electron chi connectivity index (χ3n) is 2.58. The minimum atomic E-state index is -0.0195. The number of allylic oxidation sites excluding steroid dienone is 2. The summed E-state index contributed by atoms with van der Waals surface area (Å²) in [5, 5.41) is 0. The van der Waals surface area contributed by atoms with E-state index >= 15 is 0 Å². The molecule has 0 spiro atoms. The van der Waals surface area contributed by atoms with Gasteiger partial charge in [-0.25, -0.2) is 0 Å². The van der Waals surface area contributed by atoms with E-state index in [1.165, 1.54) is 5.57 Å². The zero-order valence-electron chi connectivity index (χ0n) is 8.51. The Bertz CT molecular complexity index is 206. The van der Waals surface area contributed by atoms with E-state index in [2.05, 4.69) is 13.0 Å². The molecule has 0 saturated carbocycles. The second kappa shape index (κ2) is 5.05. The molecule has 13 heavy (non-hydrogen) atoms. The molecule has 0 saturated heterocycles. The van der Waals surface area contributed by atoms with E-state index < -0.39 is 0 Å². The minimum absolute atomic E-state index is 0.0195. The van der Waals surface area contributed by atoms with Crippen molar-refractivity contribution in [2.75, 3.05) is 6.61 Å². The van der Waals surface area contributed by atoms with Crippen LogP contribution in [0.25, 0.3) is 0 Å². The summed E-state index contributed by atoms with van der Waals surface area (Å²) in [5.41, 5.74) is 1.49. The van der Waals surface area contributed by atoms with Crippen LogP contribution in [0.4, 0.5) is 0 Å². The molecular weight excluding hydrogens is 164 g/mol. The highest BCUT2D eigenvalue weighted by Gasteiger charge is 2.21. The number of carbonyl (C=O) groups is 1. The van der Waals surface area contributed by atoms with Crippen LogP contribution in [0.2, 0.25) is 0 Å². The second-order valence-electron chi connectivity index (χ2n) is 3.44. The van der Waals surface area contributed by atoms with Gasteiger partial charge in [0.1, 0.15) is 0 Å². The molecule has 0 radical (unpaired) electrons. The van der Waals surface area contributed by atoms with Crippen molar-refractivity contribution < 1.29 is 9.53 Å². The lowest BCUT2D eigenvalue weighted by Crippen LogP contribution is -2.19. The van der Waals surface area contributed by atoms with Crippen molar-refractivity contribution in [3.63, 3.8) is 0 Å². The van der Waals surface area contributed by atoms with Gasteiger partial charge in [0.15, 0.2) is 0 Å². The lowest BCUT2D eigenvalue weighted by atomic mass is 9.89. The summed E-state index contributed by atoms with van der Waals surface area (Å²) in [5.74, 6) is 0.101. The molecule has 0 aromatic carbocycles. The van der Waals surface area contributed by atoms with Crippen molar-refractivity contribution in [1.82, 2.24) is 0 Å². The average Bonchev–Trinajstić information content (AvgIpc) is 2.18. The van der Waals surface area contributed by atoms with Crippen molar-refractivity contribution in [2.45, 2.75) is 39.5 Å². The van der Waals surface area contributed by atoms with Crippen LogP contribution < -0.4 is 0 Å². The Labute approximate surface area is 80.0 Å². The highest BCUT2D eigenvalue weighted by molar-refractivity contribution is 5.72. The summed E-state index contributed by atoms with van der Waals surface area (Å²) in [6, 6.07) is 0. The van der Waals surface area contributed by atoms with Crippen LogP contribution in [-0.4, -0.2) is 12.6 Å². The van der Waals surface area contributed by atoms with Gasteiger partial charge in [0.25, 0.3) is 0 Å². The third kappa shape index (κ3) is 2.87. The normalized spacial score (nSPS) is 22.3. The largest absolute Gasteiger partial charge is 0.466 e. The molecule has 0 amide bonds. The quantitative estimate of drug-likeness (QED) is 0.495. The molecule has 0 fully saturated rings. The lowest BCUT2D eigenvalue weighted by molar-refractivity contribution is -0.148. The molecule has 1 aliphatic rings. The first-order valence-electron chi connectivity index (χ1n) is 5.12. The van der Waals surface area contributed by atoms with Gasteiger partial charge in [0, 0.05) is 0 Å². The highest BCUT2D eigenvalue weighted by atomic mass is 16.5. The molecule has 0 aliphatic heterocycles. The van der Waals surface area contributed by atoms with Gasteiger partial charge in [-0.2, -0.15) is 0 Å². The molecule has 0 N–H and O–H groups in total. The summed E-state index contributed by atoms with van der Waals surface area (Å²) < 4.78 is 4.98. The maximum atomic E-state index is 11.3. The summed E-state index contributed by atoms with van der Waals surface area (Å²) >= 11 is 0. The number of esters is 1. The molecule has 1 atom stereocenters. The van der Waals surface area contributed by atoms with E-state index in [4.69, 9.17) is 4.74 Å². The smallest absolute Gasteiger partial charge is 0.309 e. The Morgan fingerprint density at radius 3 is 2.85 bits per heavy atom. The highest BCUT2D eigenvalue weighted by Crippen LogP contribution is 2.25. The average molecular weight is 182 g/mol. The van der Waals surface area contributed by atoms with Crippen molar-refractivity contribution >= 4 is 5.97 Å². The molecule has 74 valence electrons. The number of hydrogen-bond acceptors (Lipinski definition) is 2. The van der Waals surface area contributed by atoms with Crippen molar-refractivity contribution in [1.29, 1.82) is 0 Å². The molecule has 0 bridgehead atoms. The van der Waals surface area contributed by atoms with Crippen LogP contribution in [0.3, 0.4) is 0 Å². The van der Waals surface area contributed by atoms with Crippen molar-refractivity contribution in [3.05, 3.63) is 11.6 Å². The fourth-order valence-electron chi connectivity index (χ4n) is 1.68.